The summed E-state index contributed by atoms with van der Waals surface area (Å²) in [5.41, 5.74) is 8.69. The van der Waals surface area contributed by atoms with Gasteiger partial charge in [-0.15, -0.1) is 0 Å². The zero-order chi connectivity index (χ0) is 13.8. The van der Waals surface area contributed by atoms with Gasteiger partial charge < -0.3 is 15.2 Å². The van der Waals surface area contributed by atoms with Gasteiger partial charge in [-0.2, -0.15) is 0 Å². The Labute approximate surface area is 121 Å². The van der Waals surface area contributed by atoms with Gasteiger partial charge >= 0.3 is 0 Å². The number of anilines is 1. The lowest BCUT2D eigenvalue weighted by Gasteiger charge is -2.12. The van der Waals surface area contributed by atoms with Crippen LogP contribution >= 0.6 is 15.9 Å². The second kappa shape index (κ2) is 5.97. The molecule has 0 bridgehead atoms. The largest absolute Gasteiger partial charge is 0.497 e. The molecule has 0 atom stereocenters. The summed E-state index contributed by atoms with van der Waals surface area (Å²) in [4.78, 5) is 0. The summed E-state index contributed by atoms with van der Waals surface area (Å²) in [7, 11) is 1.65. The van der Waals surface area contributed by atoms with Gasteiger partial charge in [0.25, 0.3) is 0 Å². The fraction of sp³-hybridized carbons (Fsp3) is 0.200. The van der Waals surface area contributed by atoms with Crippen LogP contribution in [0.15, 0.2) is 40.9 Å². The minimum Gasteiger partial charge on any atom is -0.497 e. The van der Waals surface area contributed by atoms with E-state index in [1.54, 1.807) is 7.11 Å². The van der Waals surface area contributed by atoms with E-state index in [4.69, 9.17) is 15.2 Å². The minimum absolute atomic E-state index is 0.436. The van der Waals surface area contributed by atoms with Crippen molar-refractivity contribution in [1.82, 2.24) is 0 Å². The fourth-order valence-electron chi connectivity index (χ4n) is 1.72. The zero-order valence-electron chi connectivity index (χ0n) is 10.9. The molecule has 4 heteroatoms. The van der Waals surface area contributed by atoms with E-state index in [1.165, 1.54) is 0 Å². The first-order valence-electron chi connectivity index (χ1n) is 5.92. The number of methoxy groups -OCH3 is 1. The summed E-state index contributed by atoms with van der Waals surface area (Å²) >= 11 is 3.50. The van der Waals surface area contributed by atoms with Crippen molar-refractivity contribution in [3.8, 4) is 11.5 Å². The molecule has 0 aliphatic carbocycles. The molecule has 0 aromatic heterocycles. The van der Waals surface area contributed by atoms with Crippen LogP contribution in [0.25, 0.3) is 0 Å². The molecule has 0 fully saturated rings. The molecule has 0 spiro atoms. The van der Waals surface area contributed by atoms with E-state index in [0.29, 0.717) is 18.0 Å². The normalized spacial score (nSPS) is 10.3. The Morgan fingerprint density at radius 2 is 2.00 bits per heavy atom. The highest BCUT2D eigenvalue weighted by Gasteiger charge is 2.06. The van der Waals surface area contributed by atoms with Crippen molar-refractivity contribution in [3.63, 3.8) is 0 Å². The van der Waals surface area contributed by atoms with Gasteiger partial charge in [-0.25, -0.2) is 0 Å². The lowest BCUT2D eigenvalue weighted by molar-refractivity contribution is 0.306. The van der Waals surface area contributed by atoms with Crippen molar-refractivity contribution < 1.29 is 9.47 Å². The van der Waals surface area contributed by atoms with Crippen molar-refractivity contribution in [2.75, 3.05) is 12.8 Å². The molecule has 100 valence electrons. The first kappa shape index (κ1) is 13.7. The number of hydrogen-bond acceptors (Lipinski definition) is 3. The second-order valence-electron chi connectivity index (χ2n) is 4.23. The van der Waals surface area contributed by atoms with Crippen molar-refractivity contribution in [2.24, 2.45) is 0 Å². The highest BCUT2D eigenvalue weighted by atomic mass is 79.9. The molecular formula is C15H16BrNO2. The molecule has 0 unspecified atom stereocenters. The van der Waals surface area contributed by atoms with Gasteiger partial charge in [0.1, 0.15) is 18.1 Å². The van der Waals surface area contributed by atoms with E-state index in [9.17, 15) is 0 Å². The van der Waals surface area contributed by atoms with Crippen molar-refractivity contribution >= 4 is 21.6 Å². The predicted octanol–water partition coefficient (Wildman–Crippen LogP) is 3.93. The van der Waals surface area contributed by atoms with Crippen molar-refractivity contribution in [2.45, 2.75) is 13.5 Å². The topological polar surface area (TPSA) is 44.5 Å². The van der Waals surface area contributed by atoms with E-state index >= 15 is 0 Å². The molecule has 19 heavy (non-hydrogen) atoms. The quantitative estimate of drug-likeness (QED) is 0.868. The average Bonchev–Trinajstić information content (AvgIpc) is 2.42. The third kappa shape index (κ3) is 3.20. The molecule has 2 N–H and O–H groups in total. The molecule has 0 aliphatic rings. The van der Waals surface area contributed by atoms with Crippen molar-refractivity contribution in [3.05, 3.63) is 52.0 Å². The average molecular weight is 322 g/mol. The molecule has 3 nitrogen and oxygen atoms in total. The number of ether oxygens (including phenoxy) is 2. The maximum atomic E-state index is 5.98. The first-order chi connectivity index (χ1) is 9.11. The number of nitrogen functional groups attached to an aromatic ring is 1. The van der Waals surface area contributed by atoms with Crippen LogP contribution in [-0.2, 0) is 6.61 Å². The van der Waals surface area contributed by atoms with Gasteiger partial charge in [0, 0.05) is 10.0 Å². The van der Waals surface area contributed by atoms with E-state index < -0.39 is 0 Å². The lowest BCUT2D eigenvalue weighted by Crippen LogP contribution is -2.01. The zero-order valence-corrected chi connectivity index (χ0v) is 12.5. The summed E-state index contributed by atoms with van der Waals surface area (Å²) in [6, 6.07) is 11.5. The predicted molar refractivity (Wildman–Crippen MR) is 80.6 cm³/mol. The van der Waals surface area contributed by atoms with Crippen LogP contribution < -0.4 is 15.2 Å². The number of halogens is 1. The molecule has 0 heterocycles. The fourth-order valence-corrected chi connectivity index (χ4v) is 2.08. The van der Waals surface area contributed by atoms with Crippen LogP contribution in [0.3, 0.4) is 0 Å². The lowest BCUT2D eigenvalue weighted by atomic mass is 10.2. The summed E-state index contributed by atoms with van der Waals surface area (Å²) < 4.78 is 12.0. The van der Waals surface area contributed by atoms with Crippen LogP contribution in [0.5, 0.6) is 11.5 Å². The van der Waals surface area contributed by atoms with E-state index in [1.807, 2.05) is 43.3 Å². The van der Waals surface area contributed by atoms with Crippen LogP contribution in [0, 0.1) is 6.92 Å². The number of para-hydroxylation sites is 1. The Hall–Kier alpha value is -1.68. The molecule has 0 amide bonds. The Morgan fingerprint density at radius 3 is 2.74 bits per heavy atom. The molecule has 0 radical (unpaired) electrons. The number of benzene rings is 2. The molecule has 2 aromatic carbocycles. The van der Waals surface area contributed by atoms with Crippen molar-refractivity contribution in [1.29, 1.82) is 0 Å². The van der Waals surface area contributed by atoms with E-state index in [2.05, 4.69) is 15.9 Å². The van der Waals surface area contributed by atoms with Gasteiger partial charge in [-0.3, -0.25) is 0 Å². The summed E-state index contributed by atoms with van der Waals surface area (Å²) in [5, 5.41) is 0. The van der Waals surface area contributed by atoms with Crippen LogP contribution in [0.4, 0.5) is 5.69 Å². The number of hydrogen-bond donors (Lipinski definition) is 1. The standard InChI is InChI=1S/C15H16BrNO2/c1-10-4-3-5-14(15(10)17)19-9-11-8-12(18-2)6-7-13(11)16/h3-8H,9,17H2,1-2H3. The Balaban J connectivity index is 2.16. The number of nitrogens with two attached hydrogens (primary N) is 1. The highest BCUT2D eigenvalue weighted by molar-refractivity contribution is 9.10. The molecule has 2 rings (SSSR count). The van der Waals surface area contributed by atoms with Crippen LogP contribution in [-0.4, -0.2) is 7.11 Å². The van der Waals surface area contributed by atoms with E-state index in [-0.39, 0.29) is 0 Å². The van der Waals surface area contributed by atoms with Gasteiger partial charge in [-0.1, -0.05) is 28.1 Å². The van der Waals surface area contributed by atoms with Gasteiger partial charge in [0.05, 0.1) is 12.8 Å². The molecule has 2 aromatic rings. The number of rotatable bonds is 4. The van der Waals surface area contributed by atoms with Gasteiger partial charge in [-0.05, 0) is 36.8 Å². The van der Waals surface area contributed by atoms with Crippen LogP contribution in [0.2, 0.25) is 0 Å². The molecule has 0 saturated heterocycles. The highest BCUT2D eigenvalue weighted by Crippen LogP contribution is 2.28. The maximum absolute atomic E-state index is 5.98. The summed E-state index contributed by atoms with van der Waals surface area (Å²) in [6.07, 6.45) is 0. The molecular weight excluding hydrogens is 306 g/mol. The Bertz CT molecular complexity index is 584. The third-order valence-corrected chi connectivity index (χ3v) is 3.69. The SMILES string of the molecule is COc1ccc(Br)c(COc2cccc(C)c2N)c1. The first-order valence-corrected chi connectivity index (χ1v) is 6.71. The third-order valence-electron chi connectivity index (χ3n) is 2.92. The van der Waals surface area contributed by atoms with Crippen LogP contribution in [0.1, 0.15) is 11.1 Å². The number of aryl methyl sites for hydroxylation is 1. The monoisotopic (exact) mass is 321 g/mol. The van der Waals surface area contributed by atoms with Gasteiger partial charge in [0.15, 0.2) is 0 Å². The summed E-state index contributed by atoms with van der Waals surface area (Å²) in [6.45, 7) is 2.40. The Morgan fingerprint density at radius 1 is 1.21 bits per heavy atom. The minimum atomic E-state index is 0.436. The van der Waals surface area contributed by atoms with Gasteiger partial charge in [0.2, 0.25) is 0 Å². The Kier molecular flexibility index (Phi) is 4.32. The van der Waals surface area contributed by atoms with E-state index in [0.717, 1.165) is 21.3 Å². The second-order valence-corrected chi connectivity index (χ2v) is 5.09. The molecule has 0 aliphatic heterocycles. The maximum Gasteiger partial charge on any atom is 0.142 e. The summed E-state index contributed by atoms with van der Waals surface area (Å²) in [5.74, 6) is 1.51. The molecule has 0 saturated carbocycles. The smallest absolute Gasteiger partial charge is 0.142 e.